The van der Waals surface area contributed by atoms with Crippen LogP contribution in [0.3, 0.4) is 0 Å². The van der Waals surface area contributed by atoms with Crippen molar-refractivity contribution in [2.45, 2.75) is 57.3 Å². The summed E-state index contributed by atoms with van der Waals surface area (Å²) < 4.78 is 12.3. The fourth-order valence-corrected chi connectivity index (χ4v) is 4.96. The third kappa shape index (κ3) is 6.05. The Balaban J connectivity index is 1.23. The van der Waals surface area contributed by atoms with Crippen LogP contribution in [-0.4, -0.2) is 61.2 Å². The zero-order chi connectivity index (χ0) is 25.9. The molecule has 3 aliphatic rings. The maximum atomic E-state index is 13.4. The van der Waals surface area contributed by atoms with Gasteiger partial charge in [-0.1, -0.05) is 18.2 Å². The van der Waals surface area contributed by atoms with Crippen molar-refractivity contribution in [2.75, 3.05) is 30.8 Å². The summed E-state index contributed by atoms with van der Waals surface area (Å²) in [6, 6.07) is 12.0. The summed E-state index contributed by atoms with van der Waals surface area (Å²) >= 11 is 0. The van der Waals surface area contributed by atoms with E-state index in [4.69, 9.17) is 9.47 Å². The van der Waals surface area contributed by atoms with Gasteiger partial charge in [-0.25, -0.2) is 4.79 Å². The molecule has 0 aromatic heterocycles. The number of carbonyl (C=O) groups is 3. The number of ether oxygens (including phenoxy) is 2. The van der Waals surface area contributed by atoms with E-state index < -0.39 is 6.03 Å². The van der Waals surface area contributed by atoms with E-state index in [9.17, 15) is 14.4 Å². The highest BCUT2D eigenvalue weighted by Gasteiger charge is 2.39. The van der Waals surface area contributed by atoms with Crippen LogP contribution >= 0.6 is 0 Å². The molecule has 1 saturated carbocycles. The number of hydrogen-bond donors (Lipinski definition) is 3. The lowest BCUT2D eigenvalue weighted by atomic mass is 9.94. The molecule has 9 heteroatoms. The van der Waals surface area contributed by atoms with Gasteiger partial charge in [0.25, 0.3) is 5.91 Å². The van der Waals surface area contributed by atoms with Crippen LogP contribution in [0.2, 0.25) is 0 Å². The van der Waals surface area contributed by atoms with E-state index in [1.165, 1.54) is 12.8 Å². The molecule has 2 aromatic carbocycles. The SMILES string of the molecule is Cc1ccccc1NC(=O)Nc1ccc2c(c1)C(=O)N(C)[C@H]1CC[C@@H](CC(=O)NCC3CC3)O[C@@H]1CO2. The van der Waals surface area contributed by atoms with Gasteiger partial charge in [0.2, 0.25) is 5.91 Å². The van der Waals surface area contributed by atoms with Gasteiger partial charge in [0.1, 0.15) is 18.5 Å². The zero-order valence-corrected chi connectivity index (χ0v) is 21.3. The highest BCUT2D eigenvalue weighted by Crippen LogP contribution is 2.33. The number of nitrogens with zero attached hydrogens (tertiary/aromatic N) is 1. The van der Waals surface area contributed by atoms with Crippen molar-refractivity contribution in [3.8, 4) is 5.75 Å². The Labute approximate surface area is 216 Å². The number of para-hydroxylation sites is 1. The van der Waals surface area contributed by atoms with Crippen molar-refractivity contribution in [1.29, 1.82) is 0 Å². The summed E-state index contributed by atoms with van der Waals surface area (Å²) in [6.45, 7) is 2.94. The molecule has 3 atom stereocenters. The standard InChI is InChI=1S/C28H34N4O5/c1-17-5-3-4-6-22(17)31-28(35)30-19-9-12-24-21(13-19)27(34)32(2)23-11-10-20(37-25(23)16-36-24)14-26(33)29-15-18-7-8-18/h3-6,9,12-13,18,20,23,25H,7-8,10-11,14-16H2,1-2H3,(H,29,33)(H2,30,31,35)/t20-,23-,25+/m0/s1. The second-order valence-corrected chi connectivity index (χ2v) is 10.2. The van der Waals surface area contributed by atoms with Crippen molar-refractivity contribution in [2.24, 2.45) is 5.92 Å². The van der Waals surface area contributed by atoms with Crippen LogP contribution < -0.4 is 20.7 Å². The number of fused-ring (bicyclic) bond motifs is 2. The minimum atomic E-state index is -0.394. The minimum absolute atomic E-state index is 0.0170. The lowest BCUT2D eigenvalue weighted by Crippen LogP contribution is -2.54. The molecule has 37 heavy (non-hydrogen) atoms. The van der Waals surface area contributed by atoms with Crippen LogP contribution in [-0.2, 0) is 9.53 Å². The Kier molecular flexibility index (Phi) is 7.32. The summed E-state index contributed by atoms with van der Waals surface area (Å²) in [7, 11) is 1.77. The minimum Gasteiger partial charge on any atom is -0.490 e. The number of anilines is 2. The summed E-state index contributed by atoms with van der Waals surface area (Å²) in [5.41, 5.74) is 2.54. The molecule has 2 aliphatic heterocycles. The van der Waals surface area contributed by atoms with Gasteiger partial charge in [-0.3, -0.25) is 9.59 Å². The topological polar surface area (TPSA) is 109 Å². The number of urea groups is 1. The van der Waals surface area contributed by atoms with E-state index in [0.717, 1.165) is 18.5 Å². The van der Waals surface area contributed by atoms with Gasteiger partial charge in [-0.15, -0.1) is 0 Å². The van der Waals surface area contributed by atoms with Crippen LogP contribution in [0, 0.1) is 12.8 Å². The van der Waals surface area contributed by atoms with E-state index in [1.807, 2.05) is 31.2 Å². The molecular formula is C28H34N4O5. The second kappa shape index (κ2) is 10.8. The van der Waals surface area contributed by atoms with Crippen molar-refractivity contribution >= 4 is 29.2 Å². The lowest BCUT2D eigenvalue weighted by molar-refractivity contribution is -0.134. The number of carbonyl (C=O) groups excluding carboxylic acids is 3. The Morgan fingerprint density at radius 2 is 1.86 bits per heavy atom. The molecule has 3 N–H and O–H groups in total. The molecular weight excluding hydrogens is 472 g/mol. The number of amides is 4. The predicted octanol–water partition coefficient (Wildman–Crippen LogP) is 3.94. The fraction of sp³-hybridized carbons (Fsp3) is 0.464. The monoisotopic (exact) mass is 506 g/mol. The van der Waals surface area contributed by atoms with E-state index >= 15 is 0 Å². The molecule has 1 aliphatic carbocycles. The number of benzene rings is 2. The third-order valence-electron chi connectivity index (χ3n) is 7.36. The quantitative estimate of drug-likeness (QED) is 0.550. The highest BCUT2D eigenvalue weighted by atomic mass is 16.5. The number of aryl methyl sites for hydroxylation is 1. The van der Waals surface area contributed by atoms with Crippen molar-refractivity contribution in [3.63, 3.8) is 0 Å². The van der Waals surface area contributed by atoms with Gasteiger partial charge in [0, 0.05) is 25.0 Å². The smallest absolute Gasteiger partial charge is 0.323 e. The van der Waals surface area contributed by atoms with Crippen molar-refractivity contribution < 1.29 is 23.9 Å². The molecule has 2 aromatic rings. The Morgan fingerprint density at radius 3 is 2.65 bits per heavy atom. The van der Waals surface area contributed by atoms with Crippen LogP contribution in [0.25, 0.3) is 0 Å². The predicted molar refractivity (Wildman–Crippen MR) is 140 cm³/mol. The molecule has 0 radical (unpaired) electrons. The van der Waals surface area contributed by atoms with E-state index in [2.05, 4.69) is 16.0 Å². The van der Waals surface area contributed by atoms with Gasteiger partial charge < -0.3 is 30.3 Å². The highest BCUT2D eigenvalue weighted by molar-refractivity contribution is 6.02. The first kappa shape index (κ1) is 25.1. The zero-order valence-electron chi connectivity index (χ0n) is 21.3. The van der Waals surface area contributed by atoms with Crippen molar-refractivity contribution in [3.05, 3.63) is 53.6 Å². The second-order valence-electron chi connectivity index (χ2n) is 10.2. The maximum Gasteiger partial charge on any atom is 0.323 e. The molecule has 1 saturated heterocycles. The summed E-state index contributed by atoms with van der Waals surface area (Å²) in [5.74, 6) is 0.894. The fourth-order valence-electron chi connectivity index (χ4n) is 4.96. The number of rotatable bonds is 6. The molecule has 0 unspecified atom stereocenters. The summed E-state index contributed by atoms with van der Waals surface area (Å²) in [6.07, 6.45) is 3.62. The van der Waals surface area contributed by atoms with Gasteiger partial charge in [0.05, 0.1) is 24.1 Å². The number of nitrogens with one attached hydrogen (secondary N) is 3. The lowest BCUT2D eigenvalue weighted by Gasteiger charge is -2.42. The van der Waals surface area contributed by atoms with E-state index in [0.29, 0.717) is 41.4 Å². The molecule has 4 amide bonds. The number of hydrogen-bond acceptors (Lipinski definition) is 5. The first-order chi connectivity index (χ1) is 17.9. The Morgan fingerprint density at radius 1 is 1.05 bits per heavy atom. The summed E-state index contributed by atoms with van der Waals surface area (Å²) in [4.78, 5) is 40.0. The molecule has 0 bridgehead atoms. The van der Waals surface area contributed by atoms with Crippen LogP contribution in [0.4, 0.5) is 16.2 Å². The van der Waals surface area contributed by atoms with Crippen LogP contribution in [0.15, 0.2) is 42.5 Å². The largest absolute Gasteiger partial charge is 0.490 e. The Bertz CT molecular complexity index is 1180. The van der Waals surface area contributed by atoms with Gasteiger partial charge in [-0.05, 0) is 68.4 Å². The van der Waals surface area contributed by atoms with Gasteiger partial charge in [0.15, 0.2) is 0 Å². The molecule has 5 rings (SSSR count). The summed E-state index contributed by atoms with van der Waals surface area (Å²) in [5, 5.41) is 8.63. The first-order valence-corrected chi connectivity index (χ1v) is 13.0. The average Bonchev–Trinajstić information content (AvgIpc) is 3.71. The first-order valence-electron chi connectivity index (χ1n) is 13.0. The van der Waals surface area contributed by atoms with Gasteiger partial charge >= 0.3 is 6.03 Å². The van der Waals surface area contributed by atoms with E-state index in [1.54, 1.807) is 30.1 Å². The van der Waals surface area contributed by atoms with E-state index in [-0.39, 0.29) is 36.7 Å². The normalized spacial score (nSPS) is 23.0. The van der Waals surface area contributed by atoms with Gasteiger partial charge in [-0.2, -0.15) is 0 Å². The third-order valence-corrected chi connectivity index (χ3v) is 7.36. The average molecular weight is 507 g/mol. The molecule has 2 heterocycles. The number of likely N-dealkylation sites (N-methyl/N-ethyl adjacent to an activating group) is 1. The van der Waals surface area contributed by atoms with Crippen molar-refractivity contribution in [1.82, 2.24) is 10.2 Å². The van der Waals surface area contributed by atoms with Crippen LogP contribution in [0.5, 0.6) is 5.75 Å². The molecule has 196 valence electrons. The van der Waals surface area contributed by atoms with Crippen LogP contribution in [0.1, 0.15) is 48.0 Å². The maximum absolute atomic E-state index is 13.4. The Hall–Kier alpha value is -3.59. The molecule has 2 fully saturated rings. The molecule has 0 spiro atoms. The molecule has 9 nitrogen and oxygen atoms in total.